The molecule has 0 radical (unpaired) electrons. The molecule has 2 rings (SSSR count). The molecule has 0 spiro atoms. The number of aliphatic hydroxyl groups is 1. The van der Waals surface area contributed by atoms with E-state index in [1.807, 2.05) is 19.9 Å². The number of hydrogen-bond acceptors (Lipinski definition) is 3. The van der Waals surface area contributed by atoms with Crippen molar-refractivity contribution >= 4 is 5.91 Å². The molecule has 0 saturated heterocycles. The molecule has 110 valence electrons. The second-order valence-electron chi connectivity index (χ2n) is 5.86. The third-order valence-corrected chi connectivity index (χ3v) is 3.98. The second kappa shape index (κ2) is 6.27. The van der Waals surface area contributed by atoms with Crippen molar-refractivity contribution in [2.75, 3.05) is 0 Å². The van der Waals surface area contributed by atoms with Crippen molar-refractivity contribution in [1.82, 2.24) is 5.32 Å². The van der Waals surface area contributed by atoms with Gasteiger partial charge < -0.3 is 15.5 Å². The van der Waals surface area contributed by atoms with Gasteiger partial charge in [0.1, 0.15) is 5.75 Å². The van der Waals surface area contributed by atoms with E-state index < -0.39 is 6.10 Å². The maximum absolute atomic E-state index is 12.2. The lowest BCUT2D eigenvalue weighted by Gasteiger charge is -2.28. The van der Waals surface area contributed by atoms with E-state index in [1.54, 1.807) is 12.1 Å². The van der Waals surface area contributed by atoms with Gasteiger partial charge in [-0.3, -0.25) is 4.79 Å². The summed E-state index contributed by atoms with van der Waals surface area (Å²) in [5.74, 6) is -0.0130. The minimum absolute atomic E-state index is 0.000927. The zero-order valence-electron chi connectivity index (χ0n) is 12.1. The molecule has 4 heteroatoms. The normalized spacial score (nSPS) is 22.8. The summed E-state index contributed by atoms with van der Waals surface area (Å²) in [6.07, 6.45) is 3.05. The van der Waals surface area contributed by atoms with Gasteiger partial charge in [0.05, 0.1) is 17.7 Å². The van der Waals surface area contributed by atoms with Crippen LogP contribution in [0.2, 0.25) is 0 Å². The number of carbonyl (C=O) groups is 1. The monoisotopic (exact) mass is 277 g/mol. The van der Waals surface area contributed by atoms with E-state index >= 15 is 0 Å². The Morgan fingerprint density at radius 3 is 2.60 bits per heavy atom. The van der Waals surface area contributed by atoms with Crippen LogP contribution in [-0.2, 0) is 0 Å². The predicted molar refractivity (Wildman–Crippen MR) is 77.9 cm³/mol. The minimum Gasteiger partial charge on any atom is -0.507 e. The molecule has 1 aliphatic carbocycles. The number of phenolic OH excluding ortho intramolecular Hbond substituents is 1. The van der Waals surface area contributed by atoms with Crippen LogP contribution in [0.4, 0.5) is 0 Å². The highest BCUT2D eigenvalue weighted by Gasteiger charge is 2.25. The number of amides is 1. The fourth-order valence-corrected chi connectivity index (χ4v) is 2.63. The number of phenols is 1. The summed E-state index contributed by atoms with van der Waals surface area (Å²) in [5.41, 5.74) is 1.27. The first-order chi connectivity index (χ1) is 9.49. The Bertz CT molecular complexity index is 485. The summed E-state index contributed by atoms with van der Waals surface area (Å²) in [7, 11) is 0. The lowest BCUT2D eigenvalue weighted by atomic mass is 9.92. The summed E-state index contributed by atoms with van der Waals surface area (Å²) in [6.45, 7) is 4.07. The molecule has 3 N–H and O–H groups in total. The van der Waals surface area contributed by atoms with Gasteiger partial charge in [-0.1, -0.05) is 32.8 Å². The molecule has 0 aromatic heterocycles. The van der Waals surface area contributed by atoms with E-state index in [-0.39, 0.29) is 23.3 Å². The van der Waals surface area contributed by atoms with Gasteiger partial charge in [0.2, 0.25) is 0 Å². The smallest absolute Gasteiger partial charge is 0.255 e. The molecule has 0 bridgehead atoms. The Balaban J connectivity index is 2.09. The number of benzene rings is 1. The lowest BCUT2D eigenvalue weighted by Crippen LogP contribution is -2.45. The van der Waals surface area contributed by atoms with Crippen molar-refractivity contribution in [3.8, 4) is 5.75 Å². The molecule has 1 amide bonds. The number of aromatic hydroxyl groups is 1. The third kappa shape index (κ3) is 3.31. The Morgan fingerprint density at radius 1 is 1.30 bits per heavy atom. The number of aliphatic hydroxyl groups excluding tert-OH is 1. The average molecular weight is 277 g/mol. The van der Waals surface area contributed by atoms with Gasteiger partial charge in [-0.15, -0.1) is 0 Å². The first-order valence-electron chi connectivity index (χ1n) is 7.31. The molecule has 1 saturated carbocycles. The maximum Gasteiger partial charge on any atom is 0.255 e. The van der Waals surface area contributed by atoms with E-state index in [0.29, 0.717) is 5.92 Å². The molecule has 0 heterocycles. The SMILES string of the molecule is CC(C)c1ccc(C(=O)N[C@@H]2CCCC[C@H]2O)c(O)c1. The van der Waals surface area contributed by atoms with Crippen LogP contribution in [0.5, 0.6) is 5.75 Å². The van der Waals surface area contributed by atoms with Gasteiger partial charge in [0.15, 0.2) is 0 Å². The minimum atomic E-state index is -0.482. The topological polar surface area (TPSA) is 69.6 Å². The summed E-state index contributed by atoms with van der Waals surface area (Å²) >= 11 is 0. The number of hydrogen-bond donors (Lipinski definition) is 3. The van der Waals surface area contributed by atoms with E-state index in [2.05, 4.69) is 5.32 Å². The second-order valence-corrected chi connectivity index (χ2v) is 5.86. The van der Waals surface area contributed by atoms with Crippen molar-refractivity contribution in [3.05, 3.63) is 29.3 Å². The van der Waals surface area contributed by atoms with E-state index in [9.17, 15) is 15.0 Å². The Hall–Kier alpha value is -1.55. The molecule has 1 aromatic rings. The highest BCUT2D eigenvalue weighted by Crippen LogP contribution is 2.25. The molecule has 2 atom stereocenters. The van der Waals surface area contributed by atoms with Crippen LogP contribution in [0, 0.1) is 0 Å². The largest absolute Gasteiger partial charge is 0.507 e. The van der Waals surface area contributed by atoms with Crippen LogP contribution in [0.3, 0.4) is 0 Å². The molecule has 1 fully saturated rings. The standard InChI is InChI=1S/C16H23NO3/c1-10(2)11-7-8-12(15(19)9-11)16(20)17-13-5-3-4-6-14(13)18/h7-10,13-14,18-19H,3-6H2,1-2H3,(H,17,20)/t13-,14-/m1/s1. The molecule has 20 heavy (non-hydrogen) atoms. The maximum atomic E-state index is 12.2. The molecule has 1 aromatic carbocycles. The third-order valence-electron chi connectivity index (χ3n) is 3.98. The number of rotatable bonds is 3. The number of carbonyl (C=O) groups excluding carboxylic acids is 1. The quantitative estimate of drug-likeness (QED) is 0.795. The van der Waals surface area contributed by atoms with E-state index in [0.717, 1.165) is 31.2 Å². The van der Waals surface area contributed by atoms with Gasteiger partial charge in [-0.2, -0.15) is 0 Å². The first kappa shape index (κ1) is 14.9. The number of nitrogens with one attached hydrogen (secondary N) is 1. The Morgan fingerprint density at radius 2 is 2.00 bits per heavy atom. The summed E-state index contributed by atoms with van der Waals surface area (Å²) < 4.78 is 0. The van der Waals surface area contributed by atoms with Gasteiger partial charge in [-0.25, -0.2) is 0 Å². The van der Waals surface area contributed by atoms with Gasteiger partial charge in [0.25, 0.3) is 5.91 Å². The van der Waals surface area contributed by atoms with Gasteiger partial charge >= 0.3 is 0 Å². The molecule has 1 aliphatic rings. The first-order valence-corrected chi connectivity index (χ1v) is 7.31. The summed E-state index contributed by atoms with van der Waals surface area (Å²) in [4.78, 5) is 12.2. The van der Waals surface area contributed by atoms with Crippen molar-refractivity contribution in [3.63, 3.8) is 0 Å². The van der Waals surface area contributed by atoms with Crippen LogP contribution in [-0.4, -0.2) is 28.3 Å². The molecular formula is C16H23NO3. The fourth-order valence-electron chi connectivity index (χ4n) is 2.63. The zero-order chi connectivity index (χ0) is 14.7. The molecular weight excluding hydrogens is 254 g/mol. The van der Waals surface area contributed by atoms with Crippen LogP contribution >= 0.6 is 0 Å². The van der Waals surface area contributed by atoms with E-state index in [4.69, 9.17) is 0 Å². The van der Waals surface area contributed by atoms with Crippen LogP contribution in [0.1, 0.15) is 61.4 Å². The van der Waals surface area contributed by atoms with Crippen molar-refractivity contribution < 1.29 is 15.0 Å². The van der Waals surface area contributed by atoms with E-state index in [1.165, 1.54) is 0 Å². The van der Waals surface area contributed by atoms with Crippen molar-refractivity contribution in [2.45, 2.75) is 57.6 Å². The predicted octanol–water partition coefficient (Wildman–Crippen LogP) is 2.55. The van der Waals surface area contributed by atoms with Gasteiger partial charge in [0, 0.05) is 0 Å². The van der Waals surface area contributed by atoms with Crippen LogP contribution in [0.25, 0.3) is 0 Å². The average Bonchev–Trinajstić information content (AvgIpc) is 2.41. The summed E-state index contributed by atoms with van der Waals surface area (Å²) in [6, 6.07) is 4.93. The fraction of sp³-hybridized carbons (Fsp3) is 0.562. The highest BCUT2D eigenvalue weighted by atomic mass is 16.3. The molecule has 0 aliphatic heterocycles. The lowest BCUT2D eigenvalue weighted by molar-refractivity contribution is 0.0715. The van der Waals surface area contributed by atoms with Gasteiger partial charge in [-0.05, 0) is 36.5 Å². The molecule has 4 nitrogen and oxygen atoms in total. The Kier molecular flexibility index (Phi) is 4.65. The summed E-state index contributed by atoms with van der Waals surface area (Å²) in [5, 5.41) is 22.7. The molecule has 0 unspecified atom stereocenters. The van der Waals surface area contributed by atoms with Crippen LogP contribution < -0.4 is 5.32 Å². The zero-order valence-corrected chi connectivity index (χ0v) is 12.1. The van der Waals surface area contributed by atoms with Crippen molar-refractivity contribution in [1.29, 1.82) is 0 Å². The van der Waals surface area contributed by atoms with Crippen LogP contribution in [0.15, 0.2) is 18.2 Å². The van der Waals surface area contributed by atoms with Crippen molar-refractivity contribution in [2.24, 2.45) is 0 Å². The highest BCUT2D eigenvalue weighted by molar-refractivity contribution is 5.97. The Labute approximate surface area is 119 Å².